The summed E-state index contributed by atoms with van der Waals surface area (Å²) >= 11 is 0. The lowest BCUT2D eigenvalue weighted by molar-refractivity contribution is 0.501. The van der Waals surface area contributed by atoms with Crippen LogP contribution in [0.1, 0.15) is 25.7 Å². The van der Waals surface area contributed by atoms with Crippen molar-refractivity contribution in [3.05, 3.63) is 30.2 Å². The van der Waals surface area contributed by atoms with Gasteiger partial charge in [0, 0.05) is 5.92 Å². The lowest BCUT2D eigenvalue weighted by Crippen LogP contribution is -1.84. The Kier molecular flexibility index (Phi) is 1.61. The molecule has 12 heavy (non-hydrogen) atoms. The van der Waals surface area contributed by atoms with Crippen LogP contribution in [0.2, 0.25) is 0 Å². The molecule has 0 spiro atoms. The van der Waals surface area contributed by atoms with Gasteiger partial charge in [0.1, 0.15) is 5.52 Å². The summed E-state index contributed by atoms with van der Waals surface area (Å²) in [6.45, 7) is 4.13. The van der Waals surface area contributed by atoms with E-state index >= 15 is 0 Å². The molecule has 0 aliphatic carbocycles. The Morgan fingerprint density at radius 2 is 2.33 bits per heavy atom. The Balaban J connectivity index is 2.62. The number of fused-ring (bicyclic) bond motifs is 1. The maximum absolute atomic E-state index is 5.50. The quantitative estimate of drug-likeness (QED) is 0.641. The van der Waals surface area contributed by atoms with Gasteiger partial charge in [-0.15, -0.1) is 0 Å². The van der Waals surface area contributed by atoms with Gasteiger partial charge in [-0.1, -0.05) is 19.9 Å². The largest absolute Gasteiger partial charge is 0.440 e. The summed E-state index contributed by atoms with van der Waals surface area (Å²) in [6, 6.07) is 8.52. The lowest BCUT2D eigenvalue weighted by atomic mass is 10.2. The smallest absolute Gasteiger partial charge is 0.198 e. The highest BCUT2D eigenvalue weighted by Gasteiger charge is 2.07. The van der Waals surface area contributed by atoms with E-state index in [1.165, 1.54) is 0 Å². The standard InChI is InChI=1S/C10H10NO/c1-7(2)10-11-8-5-3-4-6-9(8)12-10/h4-7H,1-2H3. The molecule has 0 unspecified atom stereocenters. The van der Waals surface area contributed by atoms with Crippen molar-refractivity contribution in [1.29, 1.82) is 0 Å². The van der Waals surface area contributed by atoms with Crippen LogP contribution >= 0.6 is 0 Å². The summed E-state index contributed by atoms with van der Waals surface area (Å²) in [4.78, 5) is 4.31. The maximum Gasteiger partial charge on any atom is 0.198 e. The number of oxazole rings is 1. The molecule has 1 aromatic heterocycles. The molecule has 0 N–H and O–H groups in total. The first-order valence-corrected chi connectivity index (χ1v) is 4.04. The van der Waals surface area contributed by atoms with Gasteiger partial charge in [-0.3, -0.25) is 0 Å². The Bertz CT molecular complexity index is 356. The van der Waals surface area contributed by atoms with Gasteiger partial charge in [0.05, 0.1) is 0 Å². The van der Waals surface area contributed by atoms with Gasteiger partial charge >= 0.3 is 0 Å². The number of hydrogen-bond donors (Lipinski definition) is 0. The zero-order valence-corrected chi connectivity index (χ0v) is 7.16. The van der Waals surface area contributed by atoms with E-state index in [9.17, 15) is 0 Å². The van der Waals surface area contributed by atoms with E-state index in [4.69, 9.17) is 4.42 Å². The summed E-state index contributed by atoms with van der Waals surface area (Å²) in [5.74, 6) is 1.14. The maximum atomic E-state index is 5.50. The Labute approximate surface area is 71.2 Å². The molecule has 1 radical (unpaired) electrons. The third kappa shape index (κ3) is 1.09. The van der Waals surface area contributed by atoms with Gasteiger partial charge in [0.2, 0.25) is 0 Å². The molecular weight excluding hydrogens is 150 g/mol. The number of rotatable bonds is 1. The fourth-order valence-corrected chi connectivity index (χ4v) is 1.08. The van der Waals surface area contributed by atoms with E-state index in [1.807, 2.05) is 18.2 Å². The van der Waals surface area contributed by atoms with Crippen molar-refractivity contribution >= 4 is 11.1 Å². The summed E-state index contributed by atoms with van der Waals surface area (Å²) in [5, 5.41) is 0. The van der Waals surface area contributed by atoms with Crippen LogP contribution < -0.4 is 0 Å². The predicted octanol–water partition coefficient (Wildman–Crippen LogP) is 2.75. The summed E-state index contributed by atoms with van der Waals surface area (Å²) in [7, 11) is 0. The third-order valence-electron chi connectivity index (χ3n) is 1.74. The van der Waals surface area contributed by atoms with E-state index in [2.05, 4.69) is 24.9 Å². The average Bonchev–Trinajstić information content (AvgIpc) is 2.46. The summed E-state index contributed by atoms with van der Waals surface area (Å²) < 4.78 is 5.50. The van der Waals surface area contributed by atoms with Crippen molar-refractivity contribution < 1.29 is 4.42 Å². The first-order valence-electron chi connectivity index (χ1n) is 4.04. The average molecular weight is 160 g/mol. The van der Waals surface area contributed by atoms with Gasteiger partial charge in [-0.05, 0) is 18.2 Å². The second-order valence-corrected chi connectivity index (χ2v) is 3.10. The van der Waals surface area contributed by atoms with Crippen molar-refractivity contribution in [2.24, 2.45) is 0 Å². The van der Waals surface area contributed by atoms with E-state index in [0.29, 0.717) is 5.92 Å². The molecule has 0 saturated carbocycles. The highest BCUT2D eigenvalue weighted by Crippen LogP contribution is 2.19. The molecule has 0 bridgehead atoms. The molecule has 0 amide bonds. The number of aromatic nitrogens is 1. The lowest BCUT2D eigenvalue weighted by Gasteiger charge is -1.93. The fourth-order valence-electron chi connectivity index (χ4n) is 1.08. The Morgan fingerprint density at radius 3 is 3.00 bits per heavy atom. The van der Waals surface area contributed by atoms with Gasteiger partial charge in [0.25, 0.3) is 0 Å². The van der Waals surface area contributed by atoms with Crippen LogP contribution in [0.3, 0.4) is 0 Å². The highest BCUT2D eigenvalue weighted by atomic mass is 16.3. The molecule has 1 heterocycles. The first kappa shape index (κ1) is 7.35. The minimum Gasteiger partial charge on any atom is -0.440 e. The topological polar surface area (TPSA) is 26.0 Å². The Hall–Kier alpha value is -1.31. The van der Waals surface area contributed by atoms with Crippen molar-refractivity contribution in [2.75, 3.05) is 0 Å². The summed E-state index contributed by atoms with van der Waals surface area (Å²) in [5.41, 5.74) is 1.73. The van der Waals surface area contributed by atoms with E-state index in [1.54, 1.807) is 0 Å². The van der Waals surface area contributed by atoms with Gasteiger partial charge in [-0.25, -0.2) is 4.98 Å². The normalized spacial score (nSPS) is 11.2. The molecule has 1 aromatic carbocycles. The van der Waals surface area contributed by atoms with Crippen LogP contribution in [0.5, 0.6) is 0 Å². The van der Waals surface area contributed by atoms with Crippen LogP contribution in [0.15, 0.2) is 22.6 Å². The van der Waals surface area contributed by atoms with E-state index in [0.717, 1.165) is 17.0 Å². The monoisotopic (exact) mass is 160 g/mol. The second kappa shape index (κ2) is 2.63. The minimum absolute atomic E-state index is 0.345. The molecular formula is C10H10NO. The molecule has 2 rings (SSSR count). The van der Waals surface area contributed by atoms with Gasteiger partial charge < -0.3 is 4.42 Å². The molecule has 0 aliphatic heterocycles. The van der Waals surface area contributed by atoms with Crippen LogP contribution in [0.25, 0.3) is 11.1 Å². The number of nitrogens with zero attached hydrogens (tertiary/aromatic N) is 1. The van der Waals surface area contributed by atoms with Crippen LogP contribution in [0.4, 0.5) is 0 Å². The van der Waals surface area contributed by atoms with Crippen molar-refractivity contribution in [2.45, 2.75) is 19.8 Å². The molecule has 0 aliphatic rings. The molecule has 61 valence electrons. The Morgan fingerprint density at radius 1 is 1.50 bits per heavy atom. The summed E-state index contributed by atoms with van der Waals surface area (Å²) in [6.07, 6.45) is 0. The van der Waals surface area contributed by atoms with Crippen molar-refractivity contribution in [1.82, 2.24) is 4.98 Å². The minimum atomic E-state index is 0.345. The molecule has 0 atom stereocenters. The predicted molar refractivity (Wildman–Crippen MR) is 46.9 cm³/mol. The van der Waals surface area contributed by atoms with Gasteiger partial charge in [0.15, 0.2) is 11.5 Å². The SMILES string of the molecule is CC(C)c1nc2c[c]ccc2o1. The zero-order chi connectivity index (χ0) is 8.55. The third-order valence-corrected chi connectivity index (χ3v) is 1.74. The first-order chi connectivity index (χ1) is 5.77. The molecule has 2 heteroatoms. The van der Waals surface area contributed by atoms with Crippen molar-refractivity contribution in [3.63, 3.8) is 0 Å². The van der Waals surface area contributed by atoms with Crippen LogP contribution in [-0.4, -0.2) is 4.98 Å². The molecule has 2 aromatic rings. The van der Waals surface area contributed by atoms with Gasteiger partial charge in [-0.2, -0.15) is 0 Å². The zero-order valence-electron chi connectivity index (χ0n) is 7.16. The number of benzene rings is 1. The van der Waals surface area contributed by atoms with Crippen LogP contribution in [-0.2, 0) is 0 Å². The number of hydrogen-bond acceptors (Lipinski definition) is 2. The molecule has 2 nitrogen and oxygen atoms in total. The second-order valence-electron chi connectivity index (χ2n) is 3.10. The van der Waals surface area contributed by atoms with E-state index in [-0.39, 0.29) is 0 Å². The van der Waals surface area contributed by atoms with E-state index < -0.39 is 0 Å². The fraction of sp³-hybridized carbons (Fsp3) is 0.300. The molecule has 0 fully saturated rings. The van der Waals surface area contributed by atoms with Crippen LogP contribution in [0, 0.1) is 6.07 Å². The highest BCUT2D eigenvalue weighted by molar-refractivity contribution is 5.71. The van der Waals surface area contributed by atoms with Crippen molar-refractivity contribution in [3.8, 4) is 0 Å². The molecule has 0 saturated heterocycles.